The Kier molecular flexibility index (Phi) is 3.45. The number of nitrogens with zero attached hydrogens (tertiary/aromatic N) is 1. The van der Waals surface area contributed by atoms with Crippen LogP contribution < -0.4 is 4.90 Å². The van der Waals surface area contributed by atoms with Crippen LogP contribution in [-0.2, 0) is 13.0 Å². The fourth-order valence-electron chi connectivity index (χ4n) is 3.08. The van der Waals surface area contributed by atoms with Crippen molar-refractivity contribution in [2.75, 3.05) is 11.4 Å². The smallest absolute Gasteiger partial charge is 0.339 e. The van der Waals surface area contributed by atoms with Gasteiger partial charge in [0.1, 0.15) is 17.1 Å². The lowest BCUT2D eigenvalue weighted by Gasteiger charge is -2.34. The Balaban J connectivity index is 1.88. The van der Waals surface area contributed by atoms with Crippen molar-refractivity contribution in [2.24, 2.45) is 5.92 Å². The summed E-state index contributed by atoms with van der Waals surface area (Å²) in [5.74, 6) is 0.814. The number of rotatable bonds is 3. The molecular formula is C17H19NO3. The monoisotopic (exact) mass is 285 g/mol. The molecular weight excluding hydrogens is 266 g/mol. The van der Waals surface area contributed by atoms with Gasteiger partial charge >= 0.3 is 5.97 Å². The number of aryl methyl sites for hydroxylation is 1. The van der Waals surface area contributed by atoms with E-state index >= 15 is 0 Å². The van der Waals surface area contributed by atoms with E-state index < -0.39 is 5.97 Å². The van der Waals surface area contributed by atoms with Crippen LogP contribution in [0.2, 0.25) is 0 Å². The lowest BCUT2D eigenvalue weighted by Crippen LogP contribution is -2.33. The standard InChI is InChI=1S/C17H19NO3/c1-11-7-13-5-3-4-6-16(13)18(9-11)10-14-8-15(17(19)20)12(2)21-14/h3-6,8,11H,7,9-10H2,1-2H3,(H,19,20). The summed E-state index contributed by atoms with van der Waals surface area (Å²) in [5, 5.41) is 9.11. The zero-order valence-electron chi connectivity index (χ0n) is 12.3. The molecule has 1 aliphatic rings. The van der Waals surface area contributed by atoms with Gasteiger partial charge in [0.2, 0.25) is 0 Å². The van der Waals surface area contributed by atoms with Crippen molar-refractivity contribution in [3.05, 3.63) is 53.0 Å². The molecule has 21 heavy (non-hydrogen) atoms. The maximum Gasteiger partial charge on any atom is 0.339 e. The van der Waals surface area contributed by atoms with E-state index in [1.165, 1.54) is 11.3 Å². The Labute approximate surface area is 124 Å². The fraction of sp³-hybridized carbons (Fsp3) is 0.353. The summed E-state index contributed by atoms with van der Waals surface area (Å²) < 4.78 is 5.61. The number of carbonyl (C=O) groups is 1. The third-order valence-corrected chi connectivity index (χ3v) is 3.98. The van der Waals surface area contributed by atoms with Crippen LogP contribution in [0.5, 0.6) is 0 Å². The van der Waals surface area contributed by atoms with E-state index in [1.54, 1.807) is 13.0 Å². The Bertz CT molecular complexity index is 674. The molecule has 1 atom stereocenters. The van der Waals surface area contributed by atoms with Crippen LogP contribution in [0.3, 0.4) is 0 Å². The number of furan rings is 1. The molecule has 0 aliphatic carbocycles. The van der Waals surface area contributed by atoms with Gasteiger partial charge in [0, 0.05) is 12.2 Å². The third kappa shape index (κ3) is 2.66. The Morgan fingerprint density at radius 1 is 1.43 bits per heavy atom. The first kappa shape index (κ1) is 13.7. The van der Waals surface area contributed by atoms with Crippen molar-refractivity contribution in [3.63, 3.8) is 0 Å². The van der Waals surface area contributed by atoms with Gasteiger partial charge < -0.3 is 14.4 Å². The summed E-state index contributed by atoms with van der Waals surface area (Å²) in [6, 6.07) is 10.0. The molecule has 1 N–H and O–H groups in total. The SMILES string of the molecule is Cc1oc(CN2CC(C)Cc3ccccc32)cc1C(=O)O. The minimum atomic E-state index is -0.935. The minimum absolute atomic E-state index is 0.253. The summed E-state index contributed by atoms with van der Waals surface area (Å²) >= 11 is 0. The summed E-state index contributed by atoms with van der Waals surface area (Å²) in [6.45, 7) is 5.49. The second-order valence-electron chi connectivity index (χ2n) is 5.81. The molecule has 1 aliphatic heterocycles. The highest BCUT2D eigenvalue weighted by molar-refractivity contribution is 5.88. The molecule has 2 aromatic rings. The van der Waals surface area contributed by atoms with Gasteiger partial charge in [0.05, 0.1) is 6.54 Å². The van der Waals surface area contributed by atoms with Gasteiger partial charge in [-0.15, -0.1) is 0 Å². The highest BCUT2D eigenvalue weighted by Crippen LogP contribution is 2.31. The zero-order chi connectivity index (χ0) is 15.0. The molecule has 4 heteroatoms. The van der Waals surface area contributed by atoms with Crippen LogP contribution in [0, 0.1) is 12.8 Å². The lowest BCUT2D eigenvalue weighted by molar-refractivity contribution is 0.0695. The molecule has 1 aromatic carbocycles. The van der Waals surface area contributed by atoms with E-state index in [4.69, 9.17) is 9.52 Å². The second-order valence-corrected chi connectivity index (χ2v) is 5.81. The first-order valence-electron chi connectivity index (χ1n) is 7.20. The number of hydrogen-bond acceptors (Lipinski definition) is 3. The first-order chi connectivity index (χ1) is 10.0. The molecule has 0 bridgehead atoms. The summed E-state index contributed by atoms with van der Waals surface area (Å²) in [5.41, 5.74) is 2.82. The molecule has 1 aromatic heterocycles. The van der Waals surface area contributed by atoms with Crippen molar-refractivity contribution in [2.45, 2.75) is 26.8 Å². The van der Waals surface area contributed by atoms with Gasteiger partial charge in [-0.1, -0.05) is 25.1 Å². The number of aromatic carboxylic acids is 1. The number of carboxylic acids is 1. The number of hydrogen-bond donors (Lipinski definition) is 1. The number of benzene rings is 1. The van der Waals surface area contributed by atoms with Crippen molar-refractivity contribution in [1.29, 1.82) is 0 Å². The van der Waals surface area contributed by atoms with Crippen LogP contribution in [0.4, 0.5) is 5.69 Å². The van der Waals surface area contributed by atoms with Crippen molar-refractivity contribution < 1.29 is 14.3 Å². The molecule has 1 unspecified atom stereocenters. The Morgan fingerprint density at radius 2 is 2.19 bits per heavy atom. The number of para-hydroxylation sites is 1. The molecule has 0 radical (unpaired) electrons. The number of fused-ring (bicyclic) bond motifs is 1. The van der Waals surface area contributed by atoms with Crippen LogP contribution >= 0.6 is 0 Å². The average Bonchev–Trinajstić information content (AvgIpc) is 2.79. The van der Waals surface area contributed by atoms with Crippen LogP contribution in [0.15, 0.2) is 34.7 Å². The van der Waals surface area contributed by atoms with Gasteiger partial charge in [0.15, 0.2) is 0 Å². The predicted molar refractivity (Wildman–Crippen MR) is 80.8 cm³/mol. The minimum Gasteiger partial charge on any atom is -0.478 e. The van der Waals surface area contributed by atoms with E-state index in [-0.39, 0.29) is 5.56 Å². The van der Waals surface area contributed by atoms with Crippen LogP contribution in [0.25, 0.3) is 0 Å². The quantitative estimate of drug-likeness (QED) is 0.938. The summed E-state index contributed by atoms with van der Waals surface area (Å²) in [4.78, 5) is 13.4. The van der Waals surface area contributed by atoms with Crippen LogP contribution in [-0.4, -0.2) is 17.6 Å². The van der Waals surface area contributed by atoms with E-state index in [0.29, 0.717) is 24.0 Å². The summed E-state index contributed by atoms with van der Waals surface area (Å²) in [7, 11) is 0. The van der Waals surface area contributed by atoms with Gasteiger partial charge in [-0.25, -0.2) is 4.79 Å². The van der Waals surface area contributed by atoms with Crippen molar-refractivity contribution in [3.8, 4) is 0 Å². The highest BCUT2D eigenvalue weighted by atomic mass is 16.4. The molecule has 0 fully saturated rings. The molecule has 2 heterocycles. The molecule has 110 valence electrons. The second kappa shape index (κ2) is 5.28. The molecule has 0 amide bonds. The largest absolute Gasteiger partial charge is 0.478 e. The Hall–Kier alpha value is -2.23. The molecule has 0 saturated heterocycles. The van der Waals surface area contributed by atoms with E-state index in [9.17, 15) is 4.79 Å². The van der Waals surface area contributed by atoms with Gasteiger partial charge in [-0.05, 0) is 37.0 Å². The molecule has 3 rings (SSSR count). The van der Waals surface area contributed by atoms with Gasteiger partial charge in [-0.2, -0.15) is 0 Å². The third-order valence-electron chi connectivity index (χ3n) is 3.98. The van der Waals surface area contributed by atoms with E-state index in [2.05, 4.69) is 30.0 Å². The topological polar surface area (TPSA) is 53.7 Å². The highest BCUT2D eigenvalue weighted by Gasteiger charge is 2.23. The van der Waals surface area contributed by atoms with Crippen molar-refractivity contribution in [1.82, 2.24) is 0 Å². The fourth-order valence-corrected chi connectivity index (χ4v) is 3.08. The number of anilines is 1. The van der Waals surface area contributed by atoms with Gasteiger partial charge in [-0.3, -0.25) is 0 Å². The van der Waals surface area contributed by atoms with E-state index in [1.807, 2.05) is 6.07 Å². The maximum atomic E-state index is 11.1. The van der Waals surface area contributed by atoms with E-state index in [0.717, 1.165) is 13.0 Å². The first-order valence-corrected chi connectivity index (χ1v) is 7.20. The maximum absolute atomic E-state index is 11.1. The molecule has 0 spiro atoms. The summed E-state index contributed by atoms with van der Waals surface area (Å²) in [6.07, 6.45) is 1.09. The lowest BCUT2D eigenvalue weighted by atomic mass is 9.94. The normalized spacial score (nSPS) is 17.6. The Morgan fingerprint density at radius 3 is 2.90 bits per heavy atom. The molecule has 0 saturated carbocycles. The average molecular weight is 285 g/mol. The van der Waals surface area contributed by atoms with Gasteiger partial charge in [0.25, 0.3) is 0 Å². The number of carboxylic acid groups (broad SMARTS) is 1. The molecule has 4 nitrogen and oxygen atoms in total. The van der Waals surface area contributed by atoms with Crippen LogP contribution in [0.1, 0.15) is 34.4 Å². The van der Waals surface area contributed by atoms with Crippen molar-refractivity contribution >= 4 is 11.7 Å². The zero-order valence-corrected chi connectivity index (χ0v) is 12.3. The predicted octanol–water partition coefficient (Wildman–Crippen LogP) is 3.49.